The van der Waals surface area contributed by atoms with Gasteiger partial charge in [-0.1, -0.05) is 24.3 Å². The van der Waals surface area contributed by atoms with Crippen molar-refractivity contribution in [1.29, 1.82) is 0 Å². The highest BCUT2D eigenvalue weighted by atomic mass is 16.5. The van der Waals surface area contributed by atoms with Gasteiger partial charge >= 0.3 is 12.0 Å². The van der Waals surface area contributed by atoms with Crippen LogP contribution in [0.3, 0.4) is 0 Å². The van der Waals surface area contributed by atoms with Gasteiger partial charge < -0.3 is 15.4 Å². The summed E-state index contributed by atoms with van der Waals surface area (Å²) < 4.78 is 5.80. The molecule has 160 valence electrons. The molecule has 0 radical (unpaired) electrons. The molecule has 0 aliphatic carbocycles. The molecule has 2 unspecified atom stereocenters. The van der Waals surface area contributed by atoms with Crippen LogP contribution in [0.2, 0.25) is 0 Å². The van der Waals surface area contributed by atoms with Gasteiger partial charge in [-0.3, -0.25) is 14.7 Å². The van der Waals surface area contributed by atoms with Crippen LogP contribution in [-0.4, -0.2) is 56.5 Å². The van der Waals surface area contributed by atoms with Crippen molar-refractivity contribution in [3.63, 3.8) is 0 Å². The fourth-order valence-electron chi connectivity index (χ4n) is 4.30. The van der Waals surface area contributed by atoms with Crippen LogP contribution < -0.4 is 5.73 Å². The molecule has 1 fully saturated rings. The minimum atomic E-state index is -0.841. The van der Waals surface area contributed by atoms with Gasteiger partial charge in [0.25, 0.3) is 0 Å². The number of hydrogen-bond donors (Lipinski definition) is 1. The van der Waals surface area contributed by atoms with Crippen molar-refractivity contribution < 1.29 is 19.1 Å². The van der Waals surface area contributed by atoms with E-state index in [2.05, 4.69) is 9.97 Å². The third-order valence-electron chi connectivity index (χ3n) is 5.71. The van der Waals surface area contributed by atoms with Gasteiger partial charge in [0.15, 0.2) is 11.9 Å². The first kappa shape index (κ1) is 19.7. The molecular weight excluding hydrogens is 410 g/mol. The topological polar surface area (TPSA) is 119 Å². The Morgan fingerprint density at radius 2 is 1.84 bits per heavy atom. The van der Waals surface area contributed by atoms with Gasteiger partial charge in [0, 0.05) is 48.6 Å². The molecule has 0 saturated carbocycles. The maximum absolute atomic E-state index is 13.1. The van der Waals surface area contributed by atoms with Crippen LogP contribution in [0.5, 0.6) is 0 Å². The number of fused-ring (bicyclic) bond motifs is 2. The summed E-state index contributed by atoms with van der Waals surface area (Å²) in [5, 5.41) is 1.52. The van der Waals surface area contributed by atoms with E-state index in [9.17, 15) is 14.4 Å². The predicted molar refractivity (Wildman–Crippen MR) is 115 cm³/mol. The molecule has 1 saturated heterocycles. The molecule has 2 N–H and O–H groups in total. The van der Waals surface area contributed by atoms with Crippen molar-refractivity contribution in [3.8, 4) is 0 Å². The Bertz CT molecular complexity index is 1250. The third kappa shape index (κ3) is 3.24. The summed E-state index contributed by atoms with van der Waals surface area (Å²) >= 11 is 0. The lowest BCUT2D eigenvalue weighted by atomic mass is 10.1. The van der Waals surface area contributed by atoms with Gasteiger partial charge in [-0.15, -0.1) is 0 Å². The van der Waals surface area contributed by atoms with Crippen molar-refractivity contribution in [2.75, 3.05) is 6.54 Å². The summed E-state index contributed by atoms with van der Waals surface area (Å²) in [6, 6.07) is 11.8. The second kappa shape index (κ2) is 7.77. The van der Waals surface area contributed by atoms with Crippen LogP contribution in [0.25, 0.3) is 16.5 Å². The predicted octanol–water partition coefficient (Wildman–Crippen LogP) is 2.15. The number of hydrogen-bond acceptors (Lipinski definition) is 6. The molecule has 32 heavy (non-hydrogen) atoms. The molecule has 2 aliphatic rings. The summed E-state index contributed by atoms with van der Waals surface area (Å²) in [4.78, 5) is 49.3. The van der Waals surface area contributed by atoms with Crippen LogP contribution >= 0.6 is 0 Å². The van der Waals surface area contributed by atoms with Gasteiger partial charge in [-0.25, -0.2) is 14.6 Å². The van der Waals surface area contributed by atoms with E-state index in [-0.39, 0.29) is 11.6 Å². The van der Waals surface area contributed by atoms with Gasteiger partial charge in [-0.2, -0.15) is 0 Å². The number of aromatic nitrogens is 2. The second-order valence-electron chi connectivity index (χ2n) is 7.53. The Kier molecular flexibility index (Phi) is 4.78. The monoisotopic (exact) mass is 429 g/mol. The van der Waals surface area contributed by atoms with E-state index in [1.807, 2.05) is 24.3 Å². The van der Waals surface area contributed by atoms with Gasteiger partial charge in [0.05, 0.1) is 5.70 Å². The van der Waals surface area contributed by atoms with Crippen LogP contribution in [0, 0.1) is 0 Å². The van der Waals surface area contributed by atoms with Crippen LogP contribution in [0.1, 0.15) is 22.5 Å². The minimum absolute atomic E-state index is 0.180. The lowest BCUT2D eigenvalue weighted by molar-refractivity contribution is -0.131. The molecule has 2 atom stereocenters. The number of rotatable bonds is 3. The summed E-state index contributed by atoms with van der Waals surface area (Å²) in [5.74, 6) is -0.897. The van der Waals surface area contributed by atoms with E-state index in [0.717, 1.165) is 5.39 Å². The SMILES string of the molecule is NC(=O)N1C(c2ccncc2)=CC(=O)N2CCC(OC(=O)c3nccc4ccccc34)C21. The van der Waals surface area contributed by atoms with E-state index >= 15 is 0 Å². The zero-order chi connectivity index (χ0) is 22.2. The Hall–Kier alpha value is -4.27. The molecular formula is C23H19N5O4. The van der Waals surface area contributed by atoms with E-state index in [1.54, 1.807) is 36.8 Å². The molecule has 4 heterocycles. The number of carbonyl (C=O) groups is 3. The lowest BCUT2D eigenvalue weighted by Crippen LogP contribution is -2.57. The average molecular weight is 429 g/mol. The minimum Gasteiger partial charge on any atom is -0.453 e. The number of amides is 3. The van der Waals surface area contributed by atoms with Crippen LogP contribution in [0.15, 0.2) is 67.1 Å². The number of esters is 1. The normalized spacial score (nSPS) is 20.1. The lowest BCUT2D eigenvalue weighted by Gasteiger charge is -2.40. The molecule has 3 amide bonds. The Balaban J connectivity index is 1.49. The fraction of sp³-hybridized carbons (Fsp3) is 0.174. The first-order chi connectivity index (χ1) is 15.5. The smallest absolute Gasteiger partial charge is 0.357 e. The highest BCUT2D eigenvalue weighted by Crippen LogP contribution is 2.35. The number of carbonyl (C=O) groups excluding carboxylic acids is 3. The first-order valence-electron chi connectivity index (χ1n) is 10.1. The van der Waals surface area contributed by atoms with E-state index in [4.69, 9.17) is 10.5 Å². The van der Waals surface area contributed by atoms with Crippen molar-refractivity contribution >= 4 is 34.4 Å². The van der Waals surface area contributed by atoms with Crippen LogP contribution in [-0.2, 0) is 9.53 Å². The molecule has 2 aromatic heterocycles. The van der Waals surface area contributed by atoms with Crippen molar-refractivity contribution in [1.82, 2.24) is 19.8 Å². The maximum Gasteiger partial charge on any atom is 0.357 e. The molecule has 0 spiro atoms. The average Bonchev–Trinajstić information content (AvgIpc) is 3.22. The third-order valence-corrected chi connectivity index (χ3v) is 5.71. The molecule has 3 aromatic rings. The molecule has 2 aliphatic heterocycles. The summed E-state index contributed by atoms with van der Waals surface area (Å²) in [6.45, 7) is 0.328. The zero-order valence-electron chi connectivity index (χ0n) is 16.9. The highest BCUT2D eigenvalue weighted by Gasteiger charge is 2.48. The number of primary amides is 1. The fourth-order valence-corrected chi connectivity index (χ4v) is 4.30. The van der Waals surface area contributed by atoms with E-state index in [0.29, 0.717) is 29.6 Å². The van der Waals surface area contributed by atoms with E-state index < -0.39 is 24.3 Å². The number of ether oxygens (including phenoxy) is 1. The number of urea groups is 1. The number of nitrogens with two attached hydrogens (primary N) is 1. The standard InChI is InChI=1S/C23H19N5O4/c24-23(31)28-17(15-5-9-25-10-6-15)13-19(29)27-12-8-18(21(27)28)32-22(30)20-16-4-2-1-3-14(16)7-11-26-20/h1-7,9-11,13,18,21H,8,12H2,(H2,24,31). The summed E-state index contributed by atoms with van der Waals surface area (Å²) in [5.41, 5.74) is 6.85. The molecule has 9 heteroatoms. The van der Waals surface area contributed by atoms with Crippen molar-refractivity contribution in [2.45, 2.75) is 18.7 Å². The number of nitrogens with zero attached hydrogens (tertiary/aromatic N) is 4. The van der Waals surface area contributed by atoms with Crippen molar-refractivity contribution in [3.05, 3.63) is 78.4 Å². The largest absolute Gasteiger partial charge is 0.453 e. The summed E-state index contributed by atoms with van der Waals surface area (Å²) in [7, 11) is 0. The Morgan fingerprint density at radius 1 is 1.06 bits per heavy atom. The zero-order valence-corrected chi connectivity index (χ0v) is 16.9. The highest BCUT2D eigenvalue weighted by molar-refractivity contribution is 6.03. The number of pyridine rings is 2. The molecule has 0 bridgehead atoms. The molecule has 1 aromatic carbocycles. The van der Waals surface area contributed by atoms with Crippen LogP contribution in [0.4, 0.5) is 4.79 Å². The number of benzene rings is 1. The molecule has 5 rings (SSSR count). The maximum atomic E-state index is 13.1. The first-order valence-corrected chi connectivity index (χ1v) is 10.1. The quantitative estimate of drug-likeness (QED) is 0.637. The summed E-state index contributed by atoms with van der Waals surface area (Å²) in [6.07, 6.45) is 4.80. The van der Waals surface area contributed by atoms with Crippen molar-refractivity contribution in [2.24, 2.45) is 5.73 Å². The van der Waals surface area contributed by atoms with Gasteiger partial charge in [0.1, 0.15) is 6.10 Å². The van der Waals surface area contributed by atoms with Gasteiger partial charge in [0.2, 0.25) is 5.91 Å². The second-order valence-corrected chi connectivity index (χ2v) is 7.53. The molecule has 9 nitrogen and oxygen atoms in total. The van der Waals surface area contributed by atoms with Gasteiger partial charge in [-0.05, 0) is 23.6 Å². The van der Waals surface area contributed by atoms with E-state index in [1.165, 1.54) is 15.9 Å². The Labute approximate surface area is 183 Å². The Morgan fingerprint density at radius 3 is 2.62 bits per heavy atom.